The normalized spacial score (nSPS) is 26.6. The van der Waals surface area contributed by atoms with Crippen molar-refractivity contribution in [3.63, 3.8) is 0 Å². The maximum absolute atomic E-state index is 13.3. The number of carbonyl (C=O) groups excluding carboxylic acids is 1. The number of benzene rings is 2. The van der Waals surface area contributed by atoms with E-state index in [4.69, 9.17) is 10.5 Å². The molecule has 2 N–H and O–H groups in total. The van der Waals surface area contributed by atoms with Crippen LogP contribution in [0.25, 0.3) is 0 Å². The van der Waals surface area contributed by atoms with E-state index in [0.717, 1.165) is 31.2 Å². The molecule has 1 heterocycles. The van der Waals surface area contributed by atoms with Gasteiger partial charge in [0.2, 0.25) is 0 Å². The van der Waals surface area contributed by atoms with Crippen LogP contribution in [0.15, 0.2) is 54.6 Å². The SMILES string of the molecule is CC1OC(=O)C(N)CCCC(Cc2ccccc2)C1Cc1ccc(F)cc1. The highest BCUT2D eigenvalue weighted by atomic mass is 19.1. The van der Waals surface area contributed by atoms with Gasteiger partial charge in [0.25, 0.3) is 0 Å². The lowest BCUT2D eigenvalue weighted by Crippen LogP contribution is -2.37. The van der Waals surface area contributed by atoms with E-state index in [1.54, 1.807) is 0 Å². The largest absolute Gasteiger partial charge is 0.461 e. The van der Waals surface area contributed by atoms with Crippen LogP contribution in [0.3, 0.4) is 0 Å². The molecule has 4 atom stereocenters. The van der Waals surface area contributed by atoms with Crippen molar-refractivity contribution < 1.29 is 13.9 Å². The average molecular weight is 369 g/mol. The van der Waals surface area contributed by atoms with Crippen LogP contribution in [0.5, 0.6) is 0 Å². The fraction of sp³-hybridized carbons (Fsp3) is 0.435. The molecule has 4 unspecified atom stereocenters. The molecule has 2 aromatic carbocycles. The molecular weight excluding hydrogens is 341 g/mol. The second-order valence-corrected chi connectivity index (χ2v) is 7.62. The molecule has 3 nitrogen and oxygen atoms in total. The number of cyclic esters (lactones) is 1. The quantitative estimate of drug-likeness (QED) is 0.818. The minimum absolute atomic E-state index is 0.157. The van der Waals surface area contributed by atoms with Crippen LogP contribution >= 0.6 is 0 Å². The van der Waals surface area contributed by atoms with E-state index < -0.39 is 6.04 Å². The van der Waals surface area contributed by atoms with Gasteiger partial charge in [-0.2, -0.15) is 0 Å². The first kappa shape index (κ1) is 19.6. The molecule has 0 radical (unpaired) electrons. The zero-order chi connectivity index (χ0) is 19.2. The number of ether oxygens (including phenoxy) is 1. The van der Waals surface area contributed by atoms with Crippen LogP contribution in [0.4, 0.5) is 4.39 Å². The lowest BCUT2D eigenvalue weighted by Gasteiger charge is -2.31. The number of carbonyl (C=O) groups is 1. The van der Waals surface area contributed by atoms with E-state index in [9.17, 15) is 9.18 Å². The van der Waals surface area contributed by atoms with E-state index in [1.165, 1.54) is 17.7 Å². The number of halogens is 1. The summed E-state index contributed by atoms with van der Waals surface area (Å²) in [5, 5.41) is 0. The zero-order valence-corrected chi connectivity index (χ0v) is 15.8. The van der Waals surface area contributed by atoms with Crippen molar-refractivity contribution >= 4 is 5.97 Å². The molecule has 1 aliphatic rings. The maximum atomic E-state index is 13.3. The summed E-state index contributed by atoms with van der Waals surface area (Å²) < 4.78 is 19.0. The summed E-state index contributed by atoms with van der Waals surface area (Å²) in [6, 6.07) is 16.5. The molecule has 1 saturated heterocycles. The Bertz CT molecular complexity index is 732. The minimum Gasteiger partial charge on any atom is -0.461 e. The Labute approximate surface area is 160 Å². The van der Waals surface area contributed by atoms with Gasteiger partial charge in [0.15, 0.2) is 0 Å². The molecule has 2 aromatic rings. The third kappa shape index (κ3) is 5.39. The molecule has 144 valence electrons. The van der Waals surface area contributed by atoms with Crippen LogP contribution < -0.4 is 5.73 Å². The highest BCUT2D eigenvalue weighted by molar-refractivity contribution is 5.75. The molecule has 1 fully saturated rings. The lowest BCUT2D eigenvalue weighted by molar-refractivity contribution is -0.153. The van der Waals surface area contributed by atoms with Gasteiger partial charge >= 0.3 is 5.97 Å². The number of hydrogen-bond donors (Lipinski definition) is 1. The van der Waals surface area contributed by atoms with Crippen LogP contribution in [-0.2, 0) is 22.4 Å². The summed E-state index contributed by atoms with van der Waals surface area (Å²) >= 11 is 0. The molecule has 0 amide bonds. The van der Waals surface area contributed by atoms with Crippen molar-refractivity contribution in [3.05, 3.63) is 71.5 Å². The van der Waals surface area contributed by atoms with Gasteiger partial charge in [-0.3, -0.25) is 4.79 Å². The maximum Gasteiger partial charge on any atom is 0.323 e. The van der Waals surface area contributed by atoms with Gasteiger partial charge in [0.05, 0.1) is 0 Å². The molecule has 1 aliphatic heterocycles. The summed E-state index contributed by atoms with van der Waals surface area (Å²) in [4.78, 5) is 12.2. The Morgan fingerprint density at radius 2 is 1.67 bits per heavy atom. The summed E-state index contributed by atoms with van der Waals surface area (Å²) in [5.74, 6) is -0.0260. The predicted octanol–water partition coefficient (Wildman–Crippen LogP) is 4.29. The molecular formula is C23H28FNO2. The third-order valence-corrected chi connectivity index (χ3v) is 5.63. The van der Waals surface area contributed by atoms with Gasteiger partial charge in [-0.05, 0) is 61.8 Å². The smallest absolute Gasteiger partial charge is 0.323 e. The fourth-order valence-corrected chi connectivity index (χ4v) is 4.07. The molecule has 0 aliphatic carbocycles. The number of nitrogens with two attached hydrogens (primary N) is 1. The fourth-order valence-electron chi connectivity index (χ4n) is 4.07. The lowest BCUT2D eigenvalue weighted by atomic mass is 9.77. The van der Waals surface area contributed by atoms with Crippen molar-refractivity contribution in [2.45, 2.75) is 51.2 Å². The first-order valence-electron chi connectivity index (χ1n) is 9.77. The van der Waals surface area contributed by atoms with E-state index in [0.29, 0.717) is 12.3 Å². The van der Waals surface area contributed by atoms with Crippen LogP contribution in [0, 0.1) is 17.7 Å². The molecule has 27 heavy (non-hydrogen) atoms. The second-order valence-electron chi connectivity index (χ2n) is 7.62. The molecule has 0 spiro atoms. The summed E-state index contributed by atoms with van der Waals surface area (Å²) in [6.07, 6.45) is 4.00. The molecule has 4 heteroatoms. The average Bonchev–Trinajstić information content (AvgIpc) is 2.71. The predicted molar refractivity (Wildman–Crippen MR) is 105 cm³/mol. The third-order valence-electron chi connectivity index (χ3n) is 5.63. The van der Waals surface area contributed by atoms with Crippen LogP contribution in [0.2, 0.25) is 0 Å². The van der Waals surface area contributed by atoms with Gasteiger partial charge in [-0.25, -0.2) is 4.39 Å². The monoisotopic (exact) mass is 369 g/mol. The Morgan fingerprint density at radius 3 is 2.37 bits per heavy atom. The Hall–Kier alpha value is -2.20. The molecule has 0 saturated carbocycles. The molecule has 3 rings (SSSR count). The topological polar surface area (TPSA) is 52.3 Å². The van der Waals surface area contributed by atoms with E-state index in [-0.39, 0.29) is 23.8 Å². The van der Waals surface area contributed by atoms with Crippen molar-refractivity contribution in [3.8, 4) is 0 Å². The second kappa shape index (κ2) is 9.14. The van der Waals surface area contributed by atoms with Crippen LogP contribution in [-0.4, -0.2) is 18.1 Å². The van der Waals surface area contributed by atoms with Gasteiger partial charge < -0.3 is 10.5 Å². The standard InChI is InChI=1S/C23H28FNO2/c1-16-21(15-18-10-12-20(24)13-11-18)19(14-17-6-3-2-4-7-17)8-5-9-22(25)23(26)27-16/h2-4,6-7,10-13,16,19,21-22H,5,8-9,14-15,25H2,1H3. The minimum atomic E-state index is -0.547. The molecule has 0 bridgehead atoms. The number of hydrogen-bond acceptors (Lipinski definition) is 3. The van der Waals surface area contributed by atoms with Crippen LogP contribution in [0.1, 0.15) is 37.3 Å². The van der Waals surface area contributed by atoms with Crippen molar-refractivity contribution in [2.75, 3.05) is 0 Å². The van der Waals surface area contributed by atoms with Gasteiger partial charge in [-0.1, -0.05) is 48.9 Å². The first-order valence-corrected chi connectivity index (χ1v) is 9.77. The van der Waals surface area contributed by atoms with Crippen molar-refractivity contribution in [1.29, 1.82) is 0 Å². The Kier molecular flexibility index (Phi) is 6.62. The zero-order valence-electron chi connectivity index (χ0n) is 15.8. The summed E-state index contributed by atoms with van der Waals surface area (Å²) in [5.41, 5.74) is 8.32. The van der Waals surface area contributed by atoms with Gasteiger partial charge in [-0.15, -0.1) is 0 Å². The van der Waals surface area contributed by atoms with E-state index >= 15 is 0 Å². The van der Waals surface area contributed by atoms with Crippen molar-refractivity contribution in [1.82, 2.24) is 0 Å². The van der Waals surface area contributed by atoms with E-state index in [1.807, 2.05) is 25.1 Å². The van der Waals surface area contributed by atoms with Gasteiger partial charge in [0, 0.05) is 5.92 Å². The Morgan fingerprint density at radius 1 is 1.00 bits per heavy atom. The van der Waals surface area contributed by atoms with Gasteiger partial charge in [0.1, 0.15) is 18.0 Å². The Balaban J connectivity index is 1.85. The van der Waals surface area contributed by atoms with Crippen molar-refractivity contribution in [2.24, 2.45) is 17.6 Å². The van der Waals surface area contributed by atoms with E-state index in [2.05, 4.69) is 24.3 Å². The highest BCUT2D eigenvalue weighted by Gasteiger charge is 2.32. The molecule has 0 aromatic heterocycles. The first-order chi connectivity index (χ1) is 13.0. The number of esters is 1. The highest BCUT2D eigenvalue weighted by Crippen LogP contribution is 2.32. The summed E-state index contributed by atoms with van der Waals surface area (Å²) in [6.45, 7) is 1.96. The number of rotatable bonds is 4. The summed E-state index contributed by atoms with van der Waals surface area (Å²) in [7, 11) is 0.